The number of rotatable bonds is 5. The van der Waals surface area contributed by atoms with Crippen LogP contribution in [0.15, 0.2) is 35.3 Å². The third-order valence-corrected chi connectivity index (χ3v) is 5.74. The molecule has 0 bridgehead atoms. The molecule has 2 aromatic rings. The third-order valence-electron chi connectivity index (χ3n) is 4.68. The summed E-state index contributed by atoms with van der Waals surface area (Å²) in [5, 5.41) is 8.11. The smallest absolute Gasteiger partial charge is 0.191 e. The maximum absolute atomic E-state index is 4.78. The van der Waals surface area contributed by atoms with Gasteiger partial charge in [0.05, 0.1) is 17.2 Å². The minimum Gasteiger partial charge on any atom is -0.371 e. The van der Waals surface area contributed by atoms with Crippen molar-refractivity contribution in [1.29, 1.82) is 0 Å². The number of nitrogens with one attached hydrogen (secondary N) is 2. The van der Waals surface area contributed by atoms with Crippen LogP contribution in [0.1, 0.15) is 35.3 Å². The monoisotopic (exact) mass is 371 g/mol. The summed E-state index contributed by atoms with van der Waals surface area (Å²) in [5.41, 5.74) is 2.42. The standard InChI is InChI=1S/C20H29N5S/c1-4-21-20(22-14-19-15(2)23-16(3)26-19)24-17-10-12-25(13-11-17)18-8-6-5-7-9-18/h5-9,17H,4,10-14H2,1-3H3,(H2,21,22,24). The number of hydrogen-bond acceptors (Lipinski definition) is 4. The van der Waals surface area contributed by atoms with Gasteiger partial charge >= 0.3 is 0 Å². The number of anilines is 1. The predicted molar refractivity (Wildman–Crippen MR) is 111 cm³/mol. The van der Waals surface area contributed by atoms with E-state index in [9.17, 15) is 0 Å². The lowest BCUT2D eigenvalue weighted by Gasteiger charge is -2.34. The molecular weight excluding hydrogens is 342 g/mol. The average molecular weight is 372 g/mol. The zero-order valence-corrected chi connectivity index (χ0v) is 16.8. The Kier molecular flexibility index (Phi) is 6.50. The highest BCUT2D eigenvalue weighted by molar-refractivity contribution is 7.11. The molecule has 140 valence electrons. The average Bonchev–Trinajstić information content (AvgIpc) is 2.98. The van der Waals surface area contributed by atoms with E-state index in [4.69, 9.17) is 4.99 Å². The molecule has 2 N–H and O–H groups in total. The van der Waals surface area contributed by atoms with Gasteiger partial charge < -0.3 is 15.5 Å². The number of benzene rings is 1. The van der Waals surface area contributed by atoms with E-state index in [0.29, 0.717) is 12.6 Å². The molecule has 1 aliphatic heterocycles. The molecule has 3 rings (SSSR count). The second kappa shape index (κ2) is 9.03. The van der Waals surface area contributed by atoms with Crippen LogP contribution in [0, 0.1) is 13.8 Å². The lowest BCUT2D eigenvalue weighted by molar-refractivity contribution is 0.461. The number of piperidine rings is 1. The Morgan fingerprint density at radius 2 is 1.96 bits per heavy atom. The van der Waals surface area contributed by atoms with Crippen LogP contribution in [-0.2, 0) is 6.54 Å². The lowest BCUT2D eigenvalue weighted by atomic mass is 10.0. The van der Waals surface area contributed by atoms with Gasteiger partial charge in [-0.15, -0.1) is 11.3 Å². The molecule has 1 aromatic carbocycles. The summed E-state index contributed by atoms with van der Waals surface area (Å²) in [5.74, 6) is 0.913. The Balaban J connectivity index is 1.55. The Hall–Kier alpha value is -2.08. The number of aliphatic imine (C=N–C) groups is 1. The van der Waals surface area contributed by atoms with Crippen molar-refractivity contribution in [3.63, 3.8) is 0 Å². The molecule has 0 saturated carbocycles. The fraction of sp³-hybridized carbons (Fsp3) is 0.500. The zero-order valence-electron chi connectivity index (χ0n) is 16.0. The van der Waals surface area contributed by atoms with Crippen LogP contribution >= 0.6 is 11.3 Å². The Morgan fingerprint density at radius 3 is 2.58 bits per heavy atom. The number of aromatic nitrogens is 1. The third kappa shape index (κ3) is 4.97. The maximum atomic E-state index is 4.78. The number of guanidine groups is 1. The molecule has 1 saturated heterocycles. The Bertz CT molecular complexity index is 717. The molecule has 0 atom stereocenters. The van der Waals surface area contributed by atoms with Gasteiger partial charge in [0, 0.05) is 36.2 Å². The molecule has 1 fully saturated rings. The zero-order chi connectivity index (χ0) is 18.4. The van der Waals surface area contributed by atoms with E-state index in [-0.39, 0.29) is 0 Å². The molecule has 2 heterocycles. The van der Waals surface area contributed by atoms with Crippen molar-refractivity contribution in [3.05, 3.63) is 45.9 Å². The van der Waals surface area contributed by atoms with Gasteiger partial charge in [0.25, 0.3) is 0 Å². The molecule has 26 heavy (non-hydrogen) atoms. The number of nitrogens with zero attached hydrogens (tertiary/aromatic N) is 3. The van der Waals surface area contributed by atoms with Gasteiger partial charge in [-0.1, -0.05) is 18.2 Å². The largest absolute Gasteiger partial charge is 0.371 e. The van der Waals surface area contributed by atoms with Crippen LogP contribution in [0.4, 0.5) is 5.69 Å². The highest BCUT2D eigenvalue weighted by atomic mass is 32.1. The summed E-state index contributed by atoms with van der Waals surface area (Å²) in [6, 6.07) is 11.1. The highest BCUT2D eigenvalue weighted by Crippen LogP contribution is 2.20. The second-order valence-corrected chi connectivity index (χ2v) is 7.97. The van der Waals surface area contributed by atoms with Gasteiger partial charge in [0.2, 0.25) is 0 Å². The predicted octanol–water partition coefficient (Wildman–Crippen LogP) is 3.48. The summed E-state index contributed by atoms with van der Waals surface area (Å²) in [6.07, 6.45) is 2.25. The van der Waals surface area contributed by atoms with Gasteiger partial charge in [-0.2, -0.15) is 0 Å². The van der Waals surface area contributed by atoms with Crippen molar-refractivity contribution >= 4 is 23.0 Å². The van der Waals surface area contributed by atoms with Gasteiger partial charge in [0.1, 0.15) is 0 Å². The fourth-order valence-corrected chi connectivity index (χ4v) is 4.17. The minimum atomic E-state index is 0.469. The first-order chi connectivity index (χ1) is 12.7. The topological polar surface area (TPSA) is 52.6 Å². The van der Waals surface area contributed by atoms with Crippen molar-refractivity contribution in [1.82, 2.24) is 15.6 Å². The fourth-order valence-electron chi connectivity index (χ4n) is 3.31. The van der Waals surface area contributed by atoms with E-state index in [1.165, 1.54) is 10.6 Å². The number of hydrogen-bond donors (Lipinski definition) is 2. The molecule has 5 nitrogen and oxygen atoms in total. The molecule has 1 aromatic heterocycles. The molecule has 0 unspecified atom stereocenters. The van der Waals surface area contributed by atoms with Crippen LogP contribution in [-0.4, -0.2) is 36.6 Å². The molecule has 0 aliphatic carbocycles. The molecular formula is C20H29N5S. The van der Waals surface area contributed by atoms with Gasteiger partial charge in [-0.3, -0.25) is 0 Å². The lowest BCUT2D eigenvalue weighted by Crippen LogP contribution is -2.48. The van der Waals surface area contributed by atoms with E-state index in [1.807, 2.05) is 0 Å². The van der Waals surface area contributed by atoms with E-state index in [0.717, 1.165) is 49.1 Å². The van der Waals surface area contributed by atoms with Crippen LogP contribution in [0.2, 0.25) is 0 Å². The van der Waals surface area contributed by atoms with Crippen molar-refractivity contribution in [2.75, 3.05) is 24.5 Å². The first kappa shape index (κ1) is 18.7. The Morgan fingerprint density at radius 1 is 1.23 bits per heavy atom. The normalized spacial score (nSPS) is 16.0. The second-order valence-electron chi connectivity index (χ2n) is 6.68. The Labute approximate surface area is 160 Å². The highest BCUT2D eigenvalue weighted by Gasteiger charge is 2.20. The van der Waals surface area contributed by atoms with Gasteiger partial charge in [-0.05, 0) is 45.7 Å². The van der Waals surface area contributed by atoms with Crippen molar-refractivity contribution in [2.45, 2.75) is 46.2 Å². The number of thiazole rings is 1. The van der Waals surface area contributed by atoms with Crippen molar-refractivity contribution in [2.24, 2.45) is 4.99 Å². The molecule has 0 spiro atoms. The molecule has 0 radical (unpaired) electrons. The minimum absolute atomic E-state index is 0.469. The summed E-state index contributed by atoms with van der Waals surface area (Å²) in [4.78, 5) is 13.0. The van der Waals surface area contributed by atoms with Gasteiger partial charge in [-0.25, -0.2) is 9.98 Å². The first-order valence-electron chi connectivity index (χ1n) is 9.43. The van der Waals surface area contributed by atoms with E-state index in [1.54, 1.807) is 11.3 Å². The summed E-state index contributed by atoms with van der Waals surface area (Å²) in [6.45, 7) is 9.94. The number of para-hydroxylation sites is 1. The summed E-state index contributed by atoms with van der Waals surface area (Å²) in [7, 11) is 0. The van der Waals surface area contributed by atoms with E-state index >= 15 is 0 Å². The number of aryl methyl sites for hydroxylation is 2. The van der Waals surface area contributed by atoms with Crippen LogP contribution < -0.4 is 15.5 Å². The molecule has 1 aliphatic rings. The maximum Gasteiger partial charge on any atom is 0.191 e. The van der Waals surface area contributed by atoms with E-state index in [2.05, 4.69) is 71.6 Å². The summed E-state index contributed by atoms with van der Waals surface area (Å²) >= 11 is 1.74. The van der Waals surface area contributed by atoms with Crippen LogP contribution in [0.25, 0.3) is 0 Å². The van der Waals surface area contributed by atoms with Crippen molar-refractivity contribution < 1.29 is 0 Å². The van der Waals surface area contributed by atoms with E-state index < -0.39 is 0 Å². The summed E-state index contributed by atoms with van der Waals surface area (Å²) < 4.78 is 0. The SMILES string of the molecule is CCNC(=NCc1sc(C)nc1C)NC1CCN(c2ccccc2)CC1. The molecule has 0 amide bonds. The van der Waals surface area contributed by atoms with Crippen LogP contribution in [0.5, 0.6) is 0 Å². The van der Waals surface area contributed by atoms with Crippen LogP contribution in [0.3, 0.4) is 0 Å². The molecule has 6 heteroatoms. The van der Waals surface area contributed by atoms with Gasteiger partial charge in [0.15, 0.2) is 5.96 Å². The first-order valence-corrected chi connectivity index (χ1v) is 10.2. The quantitative estimate of drug-likeness (QED) is 0.624. The van der Waals surface area contributed by atoms with Crippen molar-refractivity contribution in [3.8, 4) is 0 Å².